The van der Waals surface area contributed by atoms with Gasteiger partial charge in [0.2, 0.25) is 0 Å². The number of nitrogens with two attached hydrogens (primary N) is 1. The van der Waals surface area contributed by atoms with Crippen molar-refractivity contribution >= 4 is 29.2 Å². The van der Waals surface area contributed by atoms with Crippen molar-refractivity contribution in [3.63, 3.8) is 0 Å². The SMILES string of the molecule is NC1=N[C@@](c2cc(NC(=O)c3ccc(Cl)cn3)ccc2F)(C(F)F)CCO1. The lowest BCUT2D eigenvalue weighted by Gasteiger charge is -2.33. The number of carbonyl (C=O) groups is 1. The number of pyridine rings is 1. The highest BCUT2D eigenvalue weighted by molar-refractivity contribution is 6.30. The maximum atomic E-state index is 14.4. The number of alkyl halides is 2. The van der Waals surface area contributed by atoms with E-state index in [-0.39, 0.29) is 30.0 Å². The van der Waals surface area contributed by atoms with Crippen LogP contribution in [-0.4, -0.2) is 29.9 Å². The molecule has 2 heterocycles. The van der Waals surface area contributed by atoms with Crippen molar-refractivity contribution in [2.75, 3.05) is 11.9 Å². The summed E-state index contributed by atoms with van der Waals surface area (Å²) in [5, 5.41) is 2.84. The maximum Gasteiger partial charge on any atom is 0.283 e. The molecule has 1 aliphatic rings. The van der Waals surface area contributed by atoms with Crippen LogP contribution in [0.1, 0.15) is 22.5 Å². The number of halogens is 4. The summed E-state index contributed by atoms with van der Waals surface area (Å²) >= 11 is 5.72. The van der Waals surface area contributed by atoms with E-state index >= 15 is 0 Å². The summed E-state index contributed by atoms with van der Waals surface area (Å²) in [6, 6.07) is 5.76. The Kier molecular flexibility index (Phi) is 5.22. The van der Waals surface area contributed by atoms with Gasteiger partial charge in [-0.05, 0) is 30.3 Å². The molecule has 1 aromatic carbocycles. The number of nitrogens with zero attached hydrogens (tertiary/aromatic N) is 2. The van der Waals surface area contributed by atoms with Crippen LogP contribution < -0.4 is 11.1 Å². The lowest BCUT2D eigenvalue weighted by molar-refractivity contribution is 0.0247. The predicted octanol–water partition coefficient (Wildman–Crippen LogP) is 3.32. The summed E-state index contributed by atoms with van der Waals surface area (Å²) in [6.45, 7) is -0.135. The third-order valence-electron chi connectivity index (χ3n) is 4.05. The highest BCUT2D eigenvalue weighted by Crippen LogP contribution is 2.40. The van der Waals surface area contributed by atoms with Gasteiger partial charge in [-0.2, -0.15) is 0 Å². The number of hydrogen-bond acceptors (Lipinski definition) is 5. The molecule has 0 spiro atoms. The highest BCUT2D eigenvalue weighted by atomic mass is 35.5. The molecule has 0 bridgehead atoms. The minimum Gasteiger partial charge on any atom is -0.465 e. The molecule has 0 radical (unpaired) electrons. The van der Waals surface area contributed by atoms with Crippen molar-refractivity contribution < 1.29 is 22.7 Å². The zero-order valence-electron chi connectivity index (χ0n) is 13.8. The number of hydrogen-bond donors (Lipinski definition) is 2. The fourth-order valence-corrected chi connectivity index (χ4v) is 2.82. The predicted molar refractivity (Wildman–Crippen MR) is 93.5 cm³/mol. The molecule has 0 fully saturated rings. The fraction of sp³-hybridized carbons (Fsp3) is 0.235. The Labute approximate surface area is 157 Å². The van der Waals surface area contributed by atoms with Gasteiger partial charge in [0.05, 0.1) is 11.6 Å². The first-order valence-electron chi connectivity index (χ1n) is 7.81. The molecule has 1 aromatic heterocycles. The largest absolute Gasteiger partial charge is 0.465 e. The van der Waals surface area contributed by atoms with E-state index in [4.69, 9.17) is 22.1 Å². The van der Waals surface area contributed by atoms with Gasteiger partial charge < -0.3 is 15.8 Å². The number of nitrogens with one attached hydrogen (secondary N) is 1. The molecule has 1 atom stereocenters. The van der Waals surface area contributed by atoms with Gasteiger partial charge in [-0.3, -0.25) is 4.79 Å². The number of amides is 1. The van der Waals surface area contributed by atoms with Crippen molar-refractivity contribution in [3.8, 4) is 0 Å². The van der Waals surface area contributed by atoms with E-state index in [2.05, 4.69) is 15.3 Å². The van der Waals surface area contributed by atoms with Gasteiger partial charge in [0, 0.05) is 23.9 Å². The summed E-state index contributed by atoms with van der Waals surface area (Å²) in [7, 11) is 0. The van der Waals surface area contributed by atoms with E-state index in [0.29, 0.717) is 5.02 Å². The number of aromatic nitrogens is 1. The molecule has 142 valence electrons. The van der Waals surface area contributed by atoms with Crippen molar-refractivity contribution in [1.82, 2.24) is 4.98 Å². The van der Waals surface area contributed by atoms with E-state index < -0.39 is 29.7 Å². The van der Waals surface area contributed by atoms with E-state index in [1.165, 1.54) is 24.4 Å². The molecule has 3 rings (SSSR count). The Morgan fingerprint density at radius 2 is 2.11 bits per heavy atom. The van der Waals surface area contributed by atoms with Crippen LogP contribution in [0.4, 0.5) is 18.9 Å². The molecule has 27 heavy (non-hydrogen) atoms. The van der Waals surface area contributed by atoms with E-state index in [1.807, 2.05) is 0 Å². The van der Waals surface area contributed by atoms with Crippen molar-refractivity contribution in [1.29, 1.82) is 0 Å². The number of amidine groups is 1. The molecule has 0 unspecified atom stereocenters. The molecular weight excluding hydrogens is 385 g/mol. The van der Waals surface area contributed by atoms with Crippen LogP contribution in [0.15, 0.2) is 41.5 Å². The summed E-state index contributed by atoms with van der Waals surface area (Å²) in [6.07, 6.45) is -2.01. The lowest BCUT2D eigenvalue weighted by Crippen LogP contribution is -2.41. The fourth-order valence-electron chi connectivity index (χ4n) is 2.71. The van der Waals surface area contributed by atoms with E-state index in [0.717, 1.165) is 12.1 Å². The van der Waals surface area contributed by atoms with Crippen LogP contribution >= 0.6 is 11.6 Å². The first-order chi connectivity index (χ1) is 12.8. The average Bonchev–Trinajstić information content (AvgIpc) is 2.63. The zero-order valence-corrected chi connectivity index (χ0v) is 14.5. The molecule has 2 aromatic rings. The lowest BCUT2D eigenvalue weighted by atomic mass is 9.86. The Morgan fingerprint density at radius 1 is 1.33 bits per heavy atom. The third-order valence-corrected chi connectivity index (χ3v) is 4.28. The number of carbonyl (C=O) groups excluding carboxylic acids is 1. The van der Waals surface area contributed by atoms with Gasteiger partial charge in [0.15, 0.2) is 5.54 Å². The molecule has 1 amide bonds. The Bertz CT molecular complexity index is 892. The second-order valence-electron chi connectivity index (χ2n) is 5.78. The molecule has 1 aliphatic heterocycles. The number of benzene rings is 1. The summed E-state index contributed by atoms with van der Waals surface area (Å²) < 4.78 is 46.9. The minimum atomic E-state index is -3.03. The highest BCUT2D eigenvalue weighted by Gasteiger charge is 2.46. The third kappa shape index (κ3) is 3.82. The smallest absolute Gasteiger partial charge is 0.283 e. The second kappa shape index (κ2) is 7.43. The molecule has 0 saturated carbocycles. The number of ether oxygens (including phenoxy) is 1. The van der Waals surface area contributed by atoms with Crippen LogP contribution in [-0.2, 0) is 10.3 Å². The Morgan fingerprint density at radius 3 is 2.74 bits per heavy atom. The van der Waals surface area contributed by atoms with Crippen LogP contribution in [0.3, 0.4) is 0 Å². The Balaban J connectivity index is 1.95. The van der Waals surface area contributed by atoms with Gasteiger partial charge in [0.1, 0.15) is 11.5 Å². The molecule has 0 aliphatic carbocycles. The van der Waals surface area contributed by atoms with Crippen LogP contribution in [0.2, 0.25) is 5.02 Å². The standard InChI is InChI=1S/C17H14ClF3N4O2/c18-9-1-4-13(23-8-9)14(26)24-10-2-3-12(19)11(7-10)17(15(20)21)5-6-27-16(22)25-17/h1-4,7-8,15H,5-6H2,(H2,22,25)(H,24,26)/t17-/m0/s1. The quantitative estimate of drug-likeness (QED) is 0.826. The zero-order chi connectivity index (χ0) is 19.6. The first-order valence-corrected chi connectivity index (χ1v) is 8.19. The first kappa shape index (κ1) is 19.0. The van der Waals surface area contributed by atoms with Gasteiger partial charge >= 0.3 is 0 Å². The van der Waals surface area contributed by atoms with Crippen LogP contribution in [0, 0.1) is 5.82 Å². The molecule has 10 heteroatoms. The van der Waals surface area contributed by atoms with Gasteiger partial charge in [-0.15, -0.1) is 0 Å². The van der Waals surface area contributed by atoms with E-state index in [1.54, 1.807) is 0 Å². The monoisotopic (exact) mass is 398 g/mol. The summed E-state index contributed by atoms with van der Waals surface area (Å²) in [4.78, 5) is 19.8. The van der Waals surface area contributed by atoms with Gasteiger partial charge in [-0.1, -0.05) is 11.6 Å². The summed E-state index contributed by atoms with van der Waals surface area (Å²) in [5.41, 5.74) is 3.02. The molecule has 0 saturated heterocycles. The number of aliphatic imine (C=N–C) groups is 1. The minimum absolute atomic E-state index is 0.0576. The van der Waals surface area contributed by atoms with Crippen LogP contribution in [0.5, 0.6) is 0 Å². The van der Waals surface area contributed by atoms with Crippen LogP contribution in [0.25, 0.3) is 0 Å². The maximum absolute atomic E-state index is 14.4. The van der Waals surface area contributed by atoms with Gasteiger partial charge in [0.25, 0.3) is 18.4 Å². The second-order valence-corrected chi connectivity index (χ2v) is 6.22. The van der Waals surface area contributed by atoms with Crippen molar-refractivity contribution in [2.45, 2.75) is 18.4 Å². The molecule has 6 nitrogen and oxygen atoms in total. The van der Waals surface area contributed by atoms with Gasteiger partial charge in [-0.25, -0.2) is 23.1 Å². The topological polar surface area (TPSA) is 89.6 Å². The van der Waals surface area contributed by atoms with E-state index in [9.17, 15) is 18.0 Å². The van der Waals surface area contributed by atoms with Crippen molar-refractivity contribution in [2.24, 2.45) is 10.7 Å². The number of rotatable bonds is 4. The Hall–Kier alpha value is -2.81. The average molecular weight is 399 g/mol. The molecular formula is C17H14ClF3N4O2. The summed E-state index contributed by atoms with van der Waals surface area (Å²) in [5.74, 6) is -1.50. The normalized spacial score (nSPS) is 19.4. The van der Waals surface area contributed by atoms with Crippen molar-refractivity contribution in [3.05, 3.63) is 58.6 Å². The number of anilines is 1. The molecule has 3 N–H and O–H groups in total.